The Balaban J connectivity index is 1.50. The summed E-state index contributed by atoms with van der Waals surface area (Å²) in [6.45, 7) is 1.91. The van der Waals surface area contributed by atoms with E-state index in [1.807, 2.05) is 66.7 Å². The molecule has 0 aromatic heterocycles. The smallest absolute Gasteiger partial charge is 0.251 e. The fraction of sp³-hybridized carbons (Fsp3) is 0.208. The molecule has 4 rings (SSSR count). The number of methoxy groups -OCH3 is 1. The van der Waals surface area contributed by atoms with Gasteiger partial charge in [0, 0.05) is 24.7 Å². The third-order valence-electron chi connectivity index (χ3n) is 5.04. The molecule has 148 valence electrons. The number of ether oxygens (including phenoxy) is 2. The van der Waals surface area contributed by atoms with Crippen molar-refractivity contribution in [3.05, 3.63) is 90.0 Å². The van der Waals surface area contributed by atoms with Crippen LogP contribution >= 0.6 is 0 Å². The third kappa shape index (κ3) is 4.35. The first kappa shape index (κ1) is 18.9. The SMILES string of the molecule is COc1ccc2c(c1)N(CCNC(=O)c1ccccc1)CC(c1ccccc1)O2. The van der Waals surface area contributed by atoms with Crippen LogP contribution in [0.4, 0.5) is 5.69 Å². The van der Waals surface area contributed by atoms with Gasteiger partial charge in [0.25, 0.3) is 5.91 Å². The standard InChI is InChI=1S/C24H24N2O3/c1-28-20-12-13-22-21(16-20)26(17-23(29-22)18-8-4-2-5-9-18)15-14-25-24(27)19-10-6-3-7-11-19/h2-13,16,23H,14-15,17H2,1H3,(H,25,27). The molecule has 0 aliphatic carbocycles. The van der Waals surface area contributed by atoms with E-state index in [9.17, 15) is 4.79 Å². The molecule has 1 heterocycles. The van der Waals surface area contributed by atoms with E-state index in [0.717, 1.165) is 22.7 Å². The number of carbonyl (C=O) groups excluding carboxylic acids is 1. The van der Waals surface area contributed by atoms with Gasteiger partial charge in [-0.05, 0) is 29.8 Å². The Kier molecular flexibility index (Phi) is 5.66. The molecule has 3 aromatic carbocycles. The van der Waals surface area contributed by atoms with Crippen LogP contribution < -0.4 is 19.7 Å². The Morgan fingerprint density at radius 2 is 1.79 bits per heavy atom. The molecule has 0 saturated carbocycles. The molecule has 0 spiro atoms. The lowest BCUT2D eigenvalue weighted by Crippen LogP contribution is -2.40. The molecule has 1 aliphatic heterocycles. The lowest BCUT2D eigenvalue weighted by Gasteiger charge is -2.36. The van der Waals surface area contributed by atoms with Gasteiger partial charge < -0.3 is 19.7 Å². The highest BCUT2D eigenvalue weighted by molar-refractivity contribution is 5.94. The van der Waals surface area contributed by atoms with Crippen molar-refractivity contribution in [2.24, 2.45) is 0 Å². The summed E-state index contributed by atoms with van der Waals surface area (Å²) < 4.78 is 11.6. The van der Waals surface area contributed by atoms with E-state index in [-0.39, 0.29) is 12.0 Å². The van der Waals surface area contributed by atoms with Crippen molar-refractivity contribution in [2.45, 2.75) is 6.10 Å². The van der Waals surface area contributed by atoms with Crippen molar-refractivity contribution in [1.29, 1.82) is 0 Å². The first-order valence-electron chi connectivity index (χ1n) is 9.72. The molecule has 1 aliphatic rings. The Hall–Kier alpha value is -3.47. The molecule has 1 unspecified atom stereocenters. The number of fused-ring (bicyclic) bond motifs is 1. The van der Waals surface area contributed by atoms with Gasteiger partial charge in [-0.1, -0.05) is 48.5 Å². The molecule has 29 heavy (non-hydrogen) atoms. The second-order valence-corrected chi connectivity index (χ2v) is 6.92. The van der Waals surface area contributed by atoms with Gasteiger partial charge in [0.05, 0.1) is 19.3 Å². The second-order valence-electron chi connectivity index (χ2n) is 6.92. The molecule has 0 fully saturated rings. The number of hydrogen-bond acceptors (Lipinski definition) is 4. The zero-order valence-electron chi connectivity index (χ0n) is 16.4. The second kappa shape index (κ2) is 8.69. The quantitative estimate of drug-likeness (QED) is 0.692. The maximum atomic E-state index is 12.3. The number of rotatable bonds is 6. The van der Waals surface area contributed by atoms with Gasteiger partial charge >= 0.3 is 0 Å². The van der Waals surface area contributed by atoms with Gasteiger partial charge in [0.2, 0.25) is 0 Å². The van der Waals surface area contributed by atoms with Crippen LogP contribution in [0.25, 0.3) is 0 Å². The Bertz CT molecular complexity index is 960. The maximum Gasteiger partial charge on any atom is 0.251 e. The Labute approximate surface area is 170 Å². The molecule has 1 atom stereocenters. The van der Waals surface area contributed by atoms with Gasteiger partial charge in [0.1, 0.15) is 17.6 Å². The van der Waals surface area contributed by atoms with Gasteiger partial charge in [-0.3, -0.25) is 4.79 Å². The highest BCUT2D eigenvalue weighted by atomic mass is 16.5. The average Bonchev–Trinajstić information content (AvgIpc) is 2.79. The first-order chi connectivity index (χ1) is 14.2. The van der Waals surface area contributed by atoms with Gasteiger partial charge in [-0.2, -0.15) is 0 Å². The van der Waals surface area contributed by atoms with E-state index in [1.54, 1.807) is 7.11 Å². The summed E-state index contributed by atoms with van der Waals surface area (Å²) in [7, 11) is 1.66. The predicted molar refractivity (Wildman–Crippen MR) is 114 cm³/mol. The molecule has 1 N–H and O–H groups in total. The van der Waals surface area contributed by atoms with Crippen molar-refractivity contribution in [3.8, 4) is 11.5 Å². The van der Waals surface area contributed by atoms with Gasteiger partial charge in [-0.25, -0.2) is 0 Å². The zero-order valence-corrected chi connectivity index (χ0v) is 16.4. The van der Waals surface area contributed by atoms with E-state index in [1.165, 1.54) is 0 Å². The molecule has 0 saturated heterocycles. The van der Waals surface area contributed by atoms with Crippen LogP contribution in [0.5, 0.6) is 11.5 Å². The summed E-state index contributed by atoms with van der Waals surface area (Å²) in [6.07, 6.45) is -0.0677. The zero-order chi connectivity index (χ0) is 20.1. The van der Waals surface area contributed by atoms with E-state index in [0.29, 0.717) is 25.2 Å². The molecular formula is C24H24N2O3. The largest absolute Gasteiger partial charge is 0.497 e. The number of benzene rings is 3. The van der Waals surface area contributed by atoms with E-state index in [4.69, 9.17) is 9.47 Å². The molecule has 0 bridgehead atoms. The maximum absolute atomic E-state index is 12.3. The molecule has 5 nitrogen and oxygen atoms in total. The first-order valence-corrected chi connectivity index (χ1v) is 9.72. The van der Waals surface area contributed by atoms with Crippen LogP contribution in [0.3, 0.4) is 0 Å². The predicted octanol–water partition coefficient (Wildman–Crippen LogP) is 4.07. The number of nitrogens with zero attached hydrogens (tertiary/aromatic N) is 1. The van der Waals surface area contributed by atoms with Crippen LogP contribution in [0.1, 0.15) is 22.0 Å². The summed E-state index contributed by atoms with van der Waals surface area (Å²) in [4.78, 5) is 14.6. The topological polar surface area (TPSA) is 50.8 Å². The van der Waals surface area contributed by atoms with Crippen molar-refractivity contribution < 1.29 is 14.3 Å². The minimum absolute atomic E-state index is 0.0654. The molecule has 3 aromatic rings. The normalized spacial score (nSPS) is 15.2. The minimum Gasteiger partial charge on any atom is -0.497 e. The summed E-state index contributed by atoms with van der Waals surface area (Å²) in [5.74, 6) is 1.54. The summed E-state index contributed by atoms with van der Waals surface area (Å²) in [5, 5.41) is 3.01. The number of hydrogen-bond donors (Lipinski definition) is 1. The number of anilines is 1. The van der Waals surface area contributed by atoms with Gasteiger partial charge in [-0.15, -0.1) is 0 Å². The van der Waals surface area contributed by atoms with Crippen LogP contribution in [0.15, 0.2) is 78.9 Å². The number of nitrogens with one attached hydrogen (secondary N) is 1. The lowest BCUT2D eigenvalue weighted by molar-refractivity contribution is 0.0954. The van der Waals surface area contributed by atoms with Crippen molar-refractivity contribution in [1.82, 2.24) is 5.32 Å². The molecular weight excluding hydrogens is 364 g/mol. The lowest BCUT2D eigenvalue weighted by atomic mass is 10.1. The highest BCUT2D eigenvalue weighted by Gasteiger charge is 2.27. The van der Waals surface area contributed by atoms with Crippen molar-refractivity contribution >= 4 is 11.6 Å². The van der Waals surface area contributed by atoms with E-state index < -0.39 is 0 Å². The summed E-state index contributed by atoms with van der Waals surface area (Å²) in [5.41, 5.74) is 2.77. The minimum atomic E-state index is -0.0677. The summed E-state index contributed by atoms with van der Waals surface area (Å²) in [6, 6.07) is 25.3. The molecule has 1 amide bonds. The van der Waals surface area contributed by atoms with Crippen LogP contribution in [0, 0.1) is 0 Å². The van der Waals surface area contributed by atoms with Crippen molar-refractivity contribution in [2.75, 3.05) is 31.6 Å². The van der Waals surface area contributed by atoms with Crippen LogP contribution in [-0.2, 0) is 0 Å². The van der Waals surface area contributed by atoms with E-state index >= 15 is 0 Å². The van der Waals surface area contributed by atoms with Crippen molar-refractivity contribution in [3.63, 3.8) is 0 Å². The Morgan fingerprint density at radius 3 is 2.52 bits per heavy atom. The monoisotopic (exact) mass is 388 g/mol. The average molecular weight is 388 g/mol. The number of carbonyl (C=O) groups is 1. The fourth-order valence-electron chi connectivity index (χ4n) is 3.51. The third-order valence-corrected chi connectivity index (χ3v) is 5.04. The van der Waals surface area contributed by atoms with E-state index in [2.05, 4.69) is 22.3 Å². The number of amides is 1. The summed E-state index contributed by atoms with van der Waals surface area (Å²) >= 11 is 0. The van der Waals surface area contributed by atoms with Crippen LogP contribution in [0.2, 0.25) is 0 Å². The fourth-order valence-corrected chi connectivity index (χ4v) is 3.51. The Morgan fingerprint density at radius 1 is 1.07 bits per heavy atom. The van der Waals surface area contributed by atoms with Gasteiger partial charge in [0.15, 0.2) is 0 Å². The molecule has 5 heteroatoms. The molecule has 0 radical (unpaired) electrons. The highest BCUT2D eigenvalue weighted by Crippen LogP contribution is 2.40. The van der Waals surface area contributed by atoms with Crippen LogP contribution in [-0.4, -0.2) is 32.7 Å².